The molecule has 1 amide bonds. The maximum atomic E-state index is 12.9. The van der Waals surface area contributed by atoms with E-state index in [1.165, 1.54) is 4.90 Å². The number of rotatable bonds is 6. The molecule has 1 fully saturated rings. The zero-order chi connectivity index (χ0) is 19.5. The van der Waals surface area contributed by atoms with E-state index in [-0.39, 0.29) is 25.2 Å². The maximum absolute atomic E-state index is 12.9. The van der Waals surface area contributed by atoms with Crippen molar-refractivity contribution in [2.45, 2.75) is 19.8 Å². The summed E-state index contributed by atoms with van der Waals surface area (Å²) in [7, 11) is 0. The van der Waals surface area contributed by atoms with Crippen molar-refractivity contribution in [2.75, 3.05) is 11.4 Å². The van der Waals surface area contributed by atoms with Crippen LogP contribution in [0.3, 0.4) is 0 Å². The molecule has 8 heteroatoms. The van der Waals surface area contributed by atoms with Gasteiger partial charge in [-0.25, -0.2) is 0 Å². The summed E-state index contributed by atoms with van der Waals surface area (Å²) >= 11 is 0. The molecule has 2 unspecified atom stereocenters. The van der Waals surface area contributed by atoms with Gasteiger partial charge in [0.2, 0.25) is 5.91 Å². The van der Waals surface area contributed by atoms with Crippen LogP contribution < -0.4 is 16.4 Å². The molecule has 0 spiro atoms. The molecule has 1 aliphatic rings. The van der Waals surface area contributed by atoms with Gasteiger partial charge in [-0.1, -0.05) is 5.92 Å². The number of ketones is 1. The molecule has 0 aromatic heterocycles. The molecule has 1 aliphatic heterocycles. The summed E-state index contributed by atoms with van der Waals surface area (Å²) < 4.78 is 0. The predicted octanol–water partition coefficient (Wildman–Crippen LogP) is 0.293. The molecule has 8 nitrogen and oxygen atoms in total. The Morgan fingerprint density at radius 1 is 1.38 bits per heavy atom. The topological polar surface area (TPSA) is 151 Å². The molecule has 26 heavy (non-hydrogen) atoms. The quantitative estimate of drug-likeness (QED) is 0.189. The molecular weight excluding hydrogens is 336 g/mol. The van der Waals surface area contributed by atoms with E-state index in [1.54, 1.807) is 24.3 Å². The highest BCUT2D eigenvalue weighted by atomic mass is 16.4. The minimum Gasteiger partial charge on any atom is -0.480 e. The van der Waals surface area contributed by atoms with Crippen molar-refractivity contribution in [2.24, 2.45) is 22.8 Å². The van der Waals surface area contributed by atoms with Crippen molar-refractivity contribution in [3.05, 3.63) is 29.8 Å². The Labute approximate surface area is 150 Å². The number of anilines is 1. The van der Waals surface area contributed by atoms with E-state index in [0.717, 1.165) is 6.92 Å². The first-order valence-electron chi connectivity index (χ1n) is 7.94. The van der Waals surface area contributed by atoms with Gasteiger partial charge in [0.05, 0.1) is 5.92 Å². The number of Topliss-reactive ketones (excluding diaryl/α,β-unsaturated/α-hetero) is 1. The summed E-state index contributed by atoms with van der Waals surface area (Å²) in [6, 6.07) is 8.58. The summed E-state index contributed by atoms with van der Waals surface area (Å²) in [5.74, 6) is -1.12. The number of nitrogen functional groups attached to an aromatic ring is 1. The molecule has 6 N–H and O–H groups in total. The minimum atomic E-state index is -1.92. The molecule has 2 atom stereocenters. The third-order valence-corrected chi connectivity index (χ3v) is 4.77. The lowest BCUT2D eigenvalue weighted by Gasteiger charge is -2.30. The second-order valence-electron chi connectivity index (χ2n) is 6.12. The zero-order valence-corrected chi connectivity index (χ0v) is 14.3. The minimum absolute atomic E-state index is 0.0935. The summed E-state index contributed by atoms with van der Waals surface area (Å²) in [6.07, 6.45) is -0.104. The molecule has 0 saturated carbocycles. The number of carbonyl (C=O) groups excluding carboxylic acids is 2. The van der Waals surface area contributed by atoms with E-state index in [4.69, 9.17) is 16.9 Å². The van der Waals surface area contributed by atoms with Crippen LogP contribution in [0.4, 0.5) is 5.69 Å². The molecule has 1 saturated heterocycles. The Morgan fingerprint density at radius 3 is 2.46 bits per heavy atom. The van der Waals surface area contributed by atoms with Crippen LogP contribution in [0.5, 0.6) is 0 Å². The lowest BCUT2D eigenvalue weighted by molar-refractivity contribution is -0.160. The first kappa shape index (κ1) is 19.0. The number of carbonyl (C=O) groups is 3. The average molecular weight is 356 g/mol. The zero-order valence-electron chi connectivity index (χ0n) is 14.3. The van der Waals surface area contributed by atoms with Crippen LogP contribution in [0.1, 0.15) is 25.3 Å². The Balaban J connectivity index is 2.38. The van der Waals surface area contributed by atoms with Gasteiger partial charge in [-0.3, -0.25) is 19.8 Å². The summed E-state index contributed by atoms with van der Waals surface area (Å²) in [5.41, 5.74) is 9.70. The number of nitrogens with zero attached hydrogens (tertiary/aromatic N) is 1. The average Bonchev–Trinajstić information content (AvgIpc) is 2.97. The van der Waals surface area contributed by atoms with E-state index in [1.807, 2.05) is 0 Å². The molecule has 2 rings (SSSR count). The van der Waals surface area contributed by atoms with Crippen molar-refractivity contribution in [3.63, 3.8) is 0 Å². The van der Waals surface area contributed by atoms with Crippen molar-refractivity contribution >= 4 is 29.2 Å². The van der Waals surface area contributed by atoms with Crippen molar-refractivity contribution in [1.82, 2.24) is 0 Å². The highest BCUT2D eigenvalue weighted by Gasteiger charge is 2.56. The van der Waals surface area contributed by atoms with Gasteiger partial charge in [0.25, 0.3) is 0 Å². The molecule has 136 valence electrons. The second kappa shape index (κ2) is 7.27. The van der Waals surface area contributed by atoms with Gasteiger partial charge in [0.15, 0.2) is 0 Å². The number of benzene rings is 1. The Morgan fingerprint density at radius 2 is 2.00 bits per heavy atom. The molecule has 0 bridgehead atoms. The number of amidine groups is 1. The van der Waals surface area contributed by atoms with Gasteiger partial charge in [-0.2, -0.15) is 0 Å². The number of carboxylic acid groups (broad SMARTS) is 1. The number of carboxylic acids is 1. The first-order chi connectivity index (χ1) is 12.3. The fourth-order valence-electron chi connectivity index (χ4n) is 3.27. The van der Waals surface area contributed by atoms with E-state index in [2.05, 4.69) is 12.0 Å². The lowest BCUT2D eigenvalue weighted by atomic mass is 9.69. The molecule has 1 aromatic rings. The van der Waals surface area contributed by atoms with Crippen LogP contribution in [0, 0.1) is 28.7 Å². The number of hydrogen-bond acceptors (Lipinski definition) is 5. The third-order valence-electron chi connectivity index (χ3n) is 4.77. The largest absolute Gasteiger partial charge is 0.480 e. The van der Waals surface area contributed by atoms with Crippen LogP contribution >= 0.6 is 0 Å². The second-order valence-corrected chi connectivity index (χ2v) is 6.12. The number of hydrogen-bond donors (Lipinski definition) is 4. The monoisotopic (exact) mass is 356 g/mol. The van der Waals surface area contributed by atoms with Gasteiger partial charge < -0.3 is 21.5 Å². The van der Waals surface area contributed by atoms with Gasteiger partial charge in [0.1, 0.15) is 17.0 Å². The summed E-state index contributed by atoms with van der Waals surface area (Å²) in [4.78, 5) is 38.5. The maximum Gasteiger partial charge on any atom is 0.319 e. The first-order valence-corrected chi connectivity index (χ1v) is 7.94. The third kappa shape index (κ3) is 3.11. The Bertz CT molecular complexity index is 806. The Hall–Kier alpha value is -3.34. The number of aliphatic carboxylic acids is 1. The number of nitrogens with one attached hydrogen (secondary N) is 1. The molecule has 0 aliphatic carbocycles. The SMILES string of the molecule is CC(=O)C(CC#CN)(C(=O)O)C1CCN(c2ccc(C(=N)N)cc2)C1=O. The summed E-state index contributed by atoms with van der Waals surface area (Å²) in [6.45, 7) is 1.44. The van der Waals surface area contributed by atoms with E-state index < -0.39 is 29.0 Å². The van der Waals surface area contributed by atoms with E-state index in [0.29, 0.717) is 11.3 Å². The van der Waals surface area contributed by atoms with Crippen molar-refractivity contribution in [1.29, 1.82) is 5.41 Å². The number of nitrogens with two attached hydrogens (primary N) is 2. The summed E-state index contributed by atoms with van der Waals surface area (Å²) in [5, 5.41) is 17.1. The normalized spacial score (nSPS) is 18.6. The van der Waals surface area contributed by atoms with Crippen LogP contribution in [0.2, 0.25) is 0 Å². The highest BCUT2D eigenvalue weighted by Crippen LogP contribution is 2.41. The van der Waals surface area contributed by atoms with Crippen LogP contribution in [-0.2, 0) is 14.4 Å². The van der Waals surface area contributed by atoms with Gasteiger partial charge in [-0.05, 0) is 37.6 Å². The van der Waals surface area contributed by atoms with Gasteiger partial charge >= 0.3 is 5.97 Å². The molecule has 0 radical (unpaired) electrons. The molecule has 1 aromatic carbocycles. The molecule has 1 heterocycles. The van der Waals surface area contributed by atoms with E-state index >= 15 is 0 Å². The highest BCUT2D eigenvalue weighted by molar-refractivity contribution is 6.10. The smallest absolute Gasteiger partial charge is 0.319 e. The standard InChI is InChI=1S/C18H20N4O4/c1-11(23)18(17(25)26,8-2-9-19)14-7-10-22(16(14)24)13-5-3-12(4-6-13)15(20)21/h3-6,14H,7-8,10,19H2,1H3,(H3,20,21)(H,25,26). The fourth-order valence-corrected chi connectivity index (χ4v) is 3.27. The van der Waals surface area contributed by atoms with Crippen LogP contribution in [0.25, 0.3) is 0 Å². The number of amides is 1. The van der Waals surface area contributed by atoms with E-state index in [9.17, 15) is 19.5 Å². The predicted molar refractivity (Wildman–Crippen MR) is 95.2 cm³/mol. The molecular formula is C18H20N4O4. The van der Waals surface area contributed by atoms with Crippen LogP contribution in [-0.4, -0.2) is 35.1 Å². The Kier molecular flexibility index (Phi) is 5.31. The fraction of sp³-hybridized carbons (Fsp3) is 0.333. The van der Waals surface area contributed by atoms with Crippen molar-refractivity contribution < 1.29 is 19.5 Å². The van der Waals surface area contributed by atoms with Gasteiger partial charge in [0, 0.05) is 30.3 Å². The lowest BCUT2D eigenvalue weighted by Crippen LogP contribution is -2.47. The van der Waals surface area contributed by atoms with Gasteiger partial charge in [-0.15, -0.1) is 0 Å². The van der Waals surface area contributed by atoms with Crippen LogP contribution in [0.15, 0.2) is 24.3 Å². The van der Waals surface area contributed by atoms with Crippen molar-refractivity contribution in [3.8, 4) is 12.0 Å².